The first kappa shape index (κ1) is 19.2. The van der Waals surface area contributed by atoms with Crippen molar-refractivity contribution < 1.29 is 28.4 Å². The Labute approximate surface area is 151 Å². The largest absolute Gasteiger partial charge is 0.467 e. The minimum atomic E-state index is -0.890. The molecule has 0 saturated carbocycles. The molecule has 1 aromatic carbocycles. The number of hydrogen-bond acceptors (Lipinski definition) is 5. The molecule has 1 N–H and O–H groups in total. The van der Waals surface area contributed by atoms with Gasteiger partial charge in [0.15, 0.2) is 6.54 Å². The number of Topliss-reactive ketones (excluding diaryl/α,β-unsaturated/α-hetero) is 1. The summed E-state index contributed by atoms with van der Waals surface area (Å²) in [5, 5.41) is 2.44. The van der Waals surface area contributed by atoms with E-state index in [4.69, 9.17) is 4.74 Å². The number of ether oxygens (including phenoxy) is 2. The molecule has 0 unspecified atom stereocenters. The van der Waals surface area contributed by atoms with E-state index in [9.17, 15) is 14.4 Å². The number of hydrogen-bond donors (Lipinski definition) is 1. The van der Waals surface area contributed by atoms with Crippen molar-refractivity contribution in [2.24, 2.45) is 7.05 Å². The zero-order chi connectivity index (χ0) is 19.1. The lowest BCUT2D eigenvalue weighted by Crippen LogP contribution is -2.43. The molecule has 0 radical (unpaired) electrons. The Kier molecular flexibility index (Phi) is 6.48. The van der Waals surface area contributed by atoms with Crippen LogP contribution in [0.15, 0.2) is 42.9 Å². The number of carbonyl (C=O) groups excluding carboxylic acids is 3. The van der Waals surface area contributed by atoms with Gasteiger partial charge >= 0.3 is 12.1 Å². The van der Waals surface area contributed by atoms with Crippen LogP contribution in [0.3, 0.4) is 0 Å². The molecule has 2 rings (SSSR count). The maximum atomic E-state index is 12.3. The van der Waals surface area contributed by atoms with Crippen molar-refractivity contribution in [3.05, 3.63) is 54.1 Å². The predicted octanol–water partition coefficient (Wildman–Crippen LogP) is 0.636. The third-order valence-electron chi connectivity index (χ3n) is 3.89. The van der Waals surface area contributed by atoms with Gasteiger partial charge in [-0.15, -0.1) is 0 Å². The number of alkyl carbamates (subject to hydrolysis) is 1. The van der Waals surface area contributed by atoms with Crippen LogP contribution in [-0.2, 0) is 34.3 Å². The molecular weight excluding hydrogens is 338 g/mol. The lowest BCUT2D eigenvalue weighted by atomic mass is 10.1. The van der Waals surface area contributed by atoms with Crippen LogP contribution in [-0.4, -0.2) is 42.7 Å². The Bertz CT molecular complexity index is 785. The first-order chi connectivity index (χ1) is 12.4. The number of rotatable bonds is 7. The number of nitrogens with one attached hydrogen (secondary N) is 1. The summed E-state index contributed by atoms with van der Waals surface area (Å²) in [5.74, 6) is -0.603. The van der Waals surface area contributed by atoms with E-state index in [-0.39, 0.29) is 18.7 Å². The highest BCUT2D eigenvalue weighted by Crippen LogP contribution is 2.05. The molecule has 8 nitrogen and oxygen atoms in total. The second-order valence-electron chi connectivity index (χ2n) is 5.72. The molecule has 1 amide bonds. The van der Waals surface area contributed by atoms with Crippen LogP contribution >= 0.6 is 0 Å². The molecule has 26 heavy (non-hydrogen) atoms. The Hall–Kier alpha value is -3.16. The van der Waals surface area contributed by atoms with Crippen LogP contribution in [0.4, 0.5) is 4.79 Å². The summed E-state index contributed by atoms with van der Waals surface area (Å²) in [6.45, 7) is 0.172. The quantitative estimate of drug-likeness (QED) is 0.444. The SMILES string of the molecule is COC(=O)N[C@@H](Cc1c[n+](CC(=O)c2ccccc2)cn1C)C(=O)OC. The van der Waals surface area contributed by atoms with Crippen LogP contribution in [0, 0.1) is 0 Å². The third kappa shape index (κ3) is 4.92. The molecule has 8 heteroatoms. The molecule has 1 atom stereocenters. The molecular formula is C18H22N3O5+. The Balaban J connectivity index is 2.11. The number of amides is 1. The van der Waals surface area contributed by atoms with Gasteiger partial charge in [-0.1, -0.05) is 30.3 Å². The van der Waals surface area contributed by atoms with Crippen molar-refractivity contribution in [1.82, 2.24) is 9.88 Å². The number of aryl methyl sites for hydroxylation is 1. The van der Waals surface area contributed by atoms with Gasteiger partial charge in [0.25, 0.3) is 0 Å². The van der Waals surface area contributed by atoms with Crippen molar-refractivity contribution in [3.63, 3.8) is 0 Å². The first-order valence-electron chi connectivity index (χ1n) is 7.99. The number of ketones is 1. The fourth-order valence-electron chi connectivity index (χ4n) is 2.52. The van der Waals surface area contributed by atoms with Gasteiger partial charge in [-0.3, -0.25) is 4.79 Å². The van der Waals surface area contributed by atoms with Crippen LogP contribution in [0.2, 0.25) is 0 Å². The van der Waals surface area contributed by atoms with Crippen molar-refractivity contribution in [1.29, 1.82) is 0 Å². The van der Waals surface area contributed by atoms with E-state index in [1.807, 2.05) is 18.2 Å². The van der Waals surface area contributed by atoms with Crippen molar-refractivity contribution in [3.8, 4) is 0 Å². The Morgan fingerprint density at radius 2 is 1.85 bits per heavy atom. The van der Waals surface area contributed by atoms with Crippen molar-refractivity contribution in [2.75, 3.05) is 14.2 Å². The van der Waals surface area contributed by atoms with Gasteiger partial charge in [0.1, 0.15) is 17.9 Å². The highest BCUT2D eigenvalue weighted by atomic mass is 16.5. The van der Waals surface area contributed by atoms with Crippen LogP contribution < -0.4 is 9.88 Å². The summed E-state index contributed by atoms with van der Waals surface area (Å²) in [4.78, 5) is 35.6. The second kappa shape index (κ2) is 8.80. The van der Waals surface area contributed by atoms with Crippen molar-refractivity contribution in [2.45, 2.75) is 19.0 Å². The van der Waals surface area contributed by atoms with E-state index in [1.54, 1.807) is 40.8 Å². The zero-order valence-electron chi connectivity index (χ0n) is 15.0. The molecule has 0 saturated heterocycles. The van der Waals surface area contributed by atoms with Gasteiger partial charge in [0.05, 0.1) is 21.3 Å². The highest BCUT2D eigenvalue weighted by Gasteiger charge is 2.26. The van der Waals surface area contributed by atoms with Crippen LogP contribution in [0.1, 0.15) is 16.1 Å². The van der Waals surface area contributed by atoms with E-state index in [0.29, 0.717) is 5.56 Å². The minimum absolute atomic E-state index is 0.0232. The van der Waals surface area contributed by atoms with E-state index in [1.165, 1.54) is 14.2 Å². The first-order valence-corrected chi connectivity index (χ1v) is 7.99. The minimum Gasteiger partial charge on any atom is -0.467 e. The molecule has 0 fully saturated rings. The highest BCUT2D eigenvalue weighted by molar-refractivity contribution is 5.94. The summed E-state index contributed by atoms with van der Waals surface area (Å²) in [6.07, 6.45) is 2.99. The molecule has 0 spiro atoms. The molecule has 1 heterocycles. The average molecular weight is 360 g/mol. The summed E-state index contributed by atoms with van der Waals surface area (Å²) < 4.78 is 12.8. The number of methoxy groups -OCH3 is 2. The van der Waals surface area contributed by atoms with Gasteiger partial charge < -0.3 is 14.8 Å². The molecule has 138 valence electrons. The summed E-state index contributed by atoms with van der Waals surface area (Å²) in [5.41, 5.74) is 1.38. The van der Waals surface area contributed by atoms with E-state index < -0.39 is 18.1 Å². The fourth-order valence-corrected chi connectivity index (χ4v) is 2.52. The molecule has 1 aromatic heterocycles. The van der Waals surface area contributed by atoms with Gasteiger partial charge in [-0.25, -0.2) is 18.7 Å². The average Bonchev–Trinajstić information content (AvgIpc) is 2.99. The third-order valence-corrected chi connectivity index (χ3v) is 3.89. The summed E-state index contributed by atoms with van der Waals surface area (Å²) in [6, 6.07) is 8.12. The van der Waals surface area contributed by atoms with E-state index in [2.05, 4.69) is 10.1 Å². The Morgan fingerprint density at radius 1 is 1.15 bits per heavy atom. The lowest BCUT2D eigenvalue weighted by Gasteiger charge is -2.14. The van der Waals surface area contributed by atoms with Gasteiger partial charge in [0, 0.05) is 12.0 Å². The van der Waals surface area contributed by atoms with E-state index >= 15 is 0 Å². The maximum Gasteiger partial charge on any atom is 0.407 e. The standard InChI is InChI=1S/C18H21N3O5/c1-20-12-21(11-16(22)13-7-5-4-6-8-13)10-14(20)9-15(17(23)25-2)19-18(24)26-3/h4-8,10,12,15H,9,11H2,1-3H3/p+1/t15-/m0/s1. The normalized spacial score (nSPS) is 11.5. The monoisotopic (exact) mass is 360 g/mol. The number of imidazole rings is 1. The number of esters is 1. The molecule has 0 aliphatic carbocycles. The molecule has 0 aliphatic heterocycles. The van der Waals surface area contributed by atoms with Crippen molar-refractivity contribution >= 4 is 17.8 Å². The fraction of sp³-hybridized carbons (Fsp3) is 0.333. The van der Waals surface area contributed by atoms with Crippen LogP contribution in [0.25, 0.3) is 0 Å². The molecule has 0 bridgehead atoms. The summed E-state index contributed by atoms with van der Waals surface area (Å²) >= 11 is 0. The summed E-state index contributed by atoms with van der Waals surface area (Å²) in [7, 11) is 4.26. The molecule has 0 aliphatic rings. The Morgan fingerprint density at radius 3 is 2.46 bits per heavy atom. The number of nitrogens with zero attached hydrogens (tertiary/aromatic N) is 2. The predicted molar refractivity (Wildman–Crippen MR) is 91.4 cm³/mol. The van der Waals surface area contributed by atoms with E-state index in [0.717, 1.165) is 5.69 Å². The zero-order valence-corrected chi connectivity index (χ0v) is 15.0. The molecule has 2 aromatic rings. The maximum absolute atomic E-state index is 12.3. The van der Waals surface area contributed by atoms with Gasteiger partial charge in [-0.05, 0) is 0 Å². The topological polar surface area (TPSA) is 90.5 Å². The number of benzene rings is 1. The second-order valence-corrected chi connectivity index (χ2v) is 5.72. The lowest BCUT2D eigenvalue weighted by molar-refractivity contribution is -0.682. The van der Waals surface area contributed by atoms with Gasteiger partial charge in [-0.2, -0.15) is 0 Å². The smallest absolute Gasteiger partial charge is 0.407 e. The number of carbonyl (C=O) groups is 3. The van der Waals surface area contributed by atoms with Gasteiger partial charge in [0.2, 0.25) is 12.1 Å². The number of aromatic nitrogens is 2. The van der Waals surface area contributed by atoms with Crippen LogP contribution in [0.5, 0.6) is 0 Å².